The Morgan fingerprint density at radius 3 is 2.78 bits per heavy atom. The largest absolute Gasteiger partial charge is 0.312 e. The second-order valence-corrected chi connectivity index (χ2v) is 8.43. The van der Waals surface area contributed by atoms with E-state index in [2.05, 4.69) is 19.9 Å². The lowest BCUT2D eigenvalue weighted by molar-refractivity contribution is -0.154. The summed E-state index contributed by atoms with van der Waals surface area (Å²) < 4.78 is 29.1. The van der Waals surface area contributed by atoms with E-state index >= 15 is 0 Å². The van der Waals surface area contributed by atoms with Crippen molar-refractivity contribution in [2.24, 2.45) is 11.3 Å². The third-order valence-corrected chi connectivity index (χ3v) is 5.62. The van der Waals surface area contributed by atoms with E-state index < -0.39 is 11.3 Å². The second kappa shape index (κ2) is 7.55. The number of likely N-dealkylation sites (tertiary alicyclic amines) is 1. The number of benzene rings is 1. The summed E-state index contributed by atoms with van der Waals surface area (Å²) in [6.45, 7) is 5.38. The maximum Gasteiger partial charge on any atom is 0.261 e. The number of amides is 1. The molecule has 4 nitrogen and oxygen atoms in total. The zero-order valence-corrected chi connectivity index (χ0v) is 16.0. The minimum absolute atomic E-state index is 0.224. The summed E-state index contributed by atoms with van der Waals surface area (Å²) in [5.74, 6) is -2.65. The summed E-state index contributed by atoms with van der Waals surface area (Å²) in [5.41, 5.74) is 0.0489. The van der Waals surface area contributed by atoms with Crippen LogP contribution in [0, 0.1) is 22.7 Å². The van der Waals surface area contributed by atoms with E-state index in [0.717, 1.165) is 6.42 Å². The van der Waals surface area contributed by atoms with Gasteiger partial charge in [-0.25, -0.2) is 8.78 Å². The predicted molar refractivity (Wildman–Crippen MR) is 101 cm³/mol. The maximum atomic E-state index is 14.6. The fourth-order valence-corrected chi connectivity index (χ4v) is 4.39. The van der Waals surface area contributed by atoms with Crippen LogP contribution in [0.4, 0.5) is 14.5 Å². The molecule has 1 spiro atoms. The van der Waals surface area contributed by atoms with Gasteiger partial charge in [0.15, 0.2) is 0 Å². The Bertz CT molecular complexity index is 743. The first kappa shape index (κ1) is 19.8. The molecule has 2 heterocycles. The monoisotopic (exact) mass is 375 g/mol. The number of hydrogen-bond acceptors (Lipinski definition) is 3. The molecule has 6 heteroatoms. The molecular weight excluding hydrogens is 348 g/mol. The molecule has 0 aliphatic carbocycles. The zero-order valence-electron chi connectivity index (χ0n) is 16.0. The van der Waals surface area contributed by atoms with Crippen LogP contribution < -0.4 is 4.90 Å². The highest BCUT2D eigenvalue weighted by Crippen LogP contribution is 2.46. The minimum Gasteiger partial charge on any atom is -0.312 e. The number of hydrogen-bond donors (Lipinski definition) is 0. The topological polar surface area (TPSA) is 47.3 Å². The van der Waals surface area contributed by atoms with Crippen molar-refractivity contribution < 1.29 is 13.6 Å². The Balaban J connectivity index is 1.86. The lowest BCUT2D eigenvalue weighted by Crippen LogP contribution is -2.61. The fourth-order valence-electron chi connectivity index (χ4n) is 4.39. The number of halogens is 2. The summed E-state index contributed by atoms with van der Waals surface area (Å²) >= 11 is 0. The van der Waals surface area contributed by atoms with E-state index in [1.807, 2.05) is 0 Å². The molecule has 27 heavy (non-hydrogen) atoms. The molecule has 1 aromatic rings. The molecule has 3 rings (SSSR count). The Kier molecular flexibility index (Phi) is 5.53. The van der Waals surface area contributed by atoms with Gasteiger partial charge in [-0.2, -0.15) is 5.26 Å². The normalized spacial score (nSPS) is 25.8. The van der Waals surface area contributed by atoms with Gasteiger partial charge in [0.05, 0.1) is 23.6 Å². The summed E-state index contributed by atoms with van der Waals surface area (Å²) in [6, 6.07) is 8.91. The van der Waals surface area contributed by atoms with Crippen molar-refractivity contribution in [1.29, 1.82) is 5.26 Å². The molecule has 146 valence electrons. The number of carbonyl (C=O) groups is 1. The molecule has 1 aromatic carbocycles. The van der Waals surface area contributed by atoms with Gasteiger partial charge in [0.1, 0.15) is 0 Å². The fraction of sp³-hybridized carbons (Fsp3) is 0.619. The Morgan fingerprint density at radius 1 is 1.30 bits per heavy atom. The van der Waals surface area contributed by atoms with Gasteiger partial charge in [-0.15, -0.1) is 0 Å². The Morgan fingerprint density at radius 2 is 2.07 bits per heavy atom. The van der Waals surface area contributed by atoms with Gasteiger partial charge in [0.25, 0.3) is 5.92 Å². The predicted octanol–water partition coefficient (Wildman–Crippen LogP) is 4.06. The summed E-state index contributed by atoms with van der Waals surface area (Å²) in [7, 11) is 0. The third-order valence-electron chi connectivity index (χ3n) is 5.62. The number of nitrogens with zero attached hydrogens (tertiary/aromatic N) is 3. The van der Waals surface area contributed by atoms with E-state index in [9.17, 15) is 13.6 Å². The van der Waals surface area contributed by atoms with Crippen LogP contribution in [-0.4, -0.2) is 42.9 Å². The van der Waals surface area contributed by atoms with Crippen LogP contribution in [0.15, 0.2) is 24.3 Å². The molecule has 2 aliphatic rings. The lowest BCUT2D eigenvalue weighted by atomic mass is 9.71. The van der Waals surface area contributed by atoms with Gasteiger partial charge >= 0.3 is 0 Å². The van der Waals surface area contributed by atoms with Crippen LogP contribution >= 0.6 is 0 Å². The van der Waals surface area contributed by atoms with E-state index in [4.69, 9.17) is 5.26 Å². The second-order valence-electron chi connectivity index (χ2n) is 8.43. The van der Waals surface area contributed by atoms with Crippen molar-refractivity contribution in [3.63, 3.8) is 0 Å². The molecule has 0 N–H and O–H groups in total. The van der Waals surface area contributed by atoms with Gasteiger partial charge in [-0.05, 0) is 49.9 Å². The highest BCUT2D eigenvalue weighted by atomic mass is 19.3. The molecule has 2 fully saturated rings. The quantitative estimate of drug-likeness (QED) is 0.797. The van der Waals surface area contributed by atoms with Crippen LogP contribution in [0.1, 0.15) is 45.1 Å². The highest BCUT2D eigenvalue weighted by molar-refractivity contribution is 5.98. The number of carbonyl (C=O) groups excluding carboxylic acids is 1. The van der Waals surface area contributed by atoms with Gasteiger partial charge in [-0.1, -0.05) is 19.9 Å². The van der Waals surface area contributed by atoms with Crippen molar-refractivity contribution in [3.05, 3.63) is 29.8 Å². The molecule has 0 aromatic heterocycles. The molecule has 2 aliphatic heterocycles. The standard InChI is InChI=1S/C21H27F2N3O/c1-16(2)7-10-25-14-20(13-21(22,23)15-25)8-4-9-26(19(20)27)18-6-3-5-17(11-18)12-24/h3,5-6,11,16H,4,7-10,13-15H2,1-2H3. The number of anilines is 1. The van der Waals surface area contributed by atoms with Crippen molar-refractivity contribution in [2.45, 2.75) is 45.5 Å². The molecule has 0 radical (unpaired) electrons. The maximum absolute atomic E-state index is 14.6. The average Bonchev–Trinajstić information content (AvgIpc) is 2.61. The molecule has 1 atom stereocenters. The van der Waals surface area contributed by atoms with E-state index in [1.165, 1.54) is 0 Å². The third kappa shape index (κ3) is 4.30. The summed E-state index contributed by atoms with van der Waals surface area (Å²) in [4.78, 5) is 16.7. The van der Waals surface area contributed by atoms with Gasteiger partial charge in [0, 0.05) is 25.2 Å². The van der Waals surface area contributed by atoms with Crippen LogP contribution in [0.3, 0.4) is 0 Å². The number of piperidine rings is 2. The van der Waals surface area contributed by atoms with E-state index in [-0.39, 0.29) is 18.9 Å². The highest BCUT2D eigenvalue weighted by Gasteiger charge is 2.55. The van der Waals surface area contributed by atoms with Gasteiger partial charge < -0.3 is 4.90 Å². The van der Waals surface area contributed by atoms with Gasteiger partial charge in [-0.3, -0.25) is 9.69 Å². The molecular formula is C21H27F2N3O. The van der Waals surface area contributed by atoms with Crippen LogP contribution in [0.5, 0.6) is 0 Å². The van der Waals surface area contributed by atoms with Crippen LogP contribution in [-0.2, 0) is 4.79 Å². The number of alkyl halides is 2. The molecule has 2 saturated heterocycles. The summed E-state index contributed by atoms with van der Waals surface area (Å²) in [5, 5.41) is 9.12. The van der Waals surface area contributed by atoms with Crippen LogP contribution in [0.2, 0.25) is 0 Å². The lowest BCUT2D eigenvalue weighted by Gasteiger charge is -2.49. The van der Waals surface area contributed by atoms with Crippen molar-refractivity contribution in [3.8, 4) is 6.07 Å². The first-order valence-electron chi connectivity index (χ1n) is 9.67. The van der Waals surface area contributed by atoms with Gasteiger partial charge in [0.2, 0.25) is 5.91 Å². The minimum atomic E-state index is -2.86. The Hall–Kier alpha value is -2.00. The SMILES string of the molecule is CC(C)CCN1CC(F)(F)CC2(CCCN(c3cccc(C#N)c3)C2=O)C1. The Labute approximate surface area is 159 Å². The first-order valence-corrected chi connectivity index (χ1v) is 9.67. The zero-order chi connectivity index (χ0) is 19.7. The smallest absolute Gasteiger partial charge is 0.261 e. The van der Waals surface area contributed by atoms with Crippen molar-refractivity contribution >= 4 is 11.6 Å². The molecule has 0 bridgehead atoms. The average molecular weight is 375 g/mol. The number of nitriles is 1. The summed E-state index contributed by atoms with van der Waals surface area (Å²) in [6.07, 6.45) is 1.64. The van der Waals surface area contributed by atoms with Crippen LogP contribution in [0.25, 0.3) is 0 Å². The molecule has 1 unspecified atom stereocenters. The number of rotatable bonds is 4. The molecule has 0 saturated carbocycles. The van der Waals surface area contributed by atoms with E-state index in [1.54, 1.807) is 34.1 Å². The molecule has 1 amide bonds. The first-order chi connectivity index (χ1) is 12.7. The van der Waals surface area contributed by atoms with E-state index in [0.29, 0.717) is 49.6 Å². The van der Waals surface area contributed by atoms with Crippen molar-refractivity contribution in [2.75, 3.05) is 31.1 Å². The van der Waals surface area contributed by atoms with Crippen molar-refractivity contribution in [1.82, 2.24) is 4.90 Å².